The molecule has 0 heterocycles. The van der Waals surface area contributed by atoms with E-state index >= 15 is 0 Å². The van der Waals surface area contributed by atoms with Crippen LogP contribution in [-0.4, -0.2) is 12.5 Å². The number of carbonyl (C=O) groups is 1. The molecule has 3 aromatic rings. The third kappa shape index (κ3) is 6.54. The maximum Gasteiger partial charge on any atom is 0.266 e. The number of carbonyl (C=O) groups excluding carboxylic acids is 1. The van der Waals surface area contributed by atoms with E-state index in [1.807, 2.05) is 45.0 Å². The van der Waals surface area contributed by atoms with Crippen LogP contribution in [0.25, 0.3) is 6.08 Å². The topological polar surface area (TPSA) is 71.3 Å². The Labute approximate surface area is 209 Å². The van der Waals surface area contributed by atoms with Gasteiger partial charge in [-0.1, -0.05) is 29.3 Å². The summed E-state index contributed by atoms with van der Waals surface area (Å²) in [5.74, 6) is 0.964. The first-order valence-corrected chi connectivity index (χ1v) is 11.4. The molecule has 1 N–H and O–H groups in total. The van der Waals surface area contributed by atoms with E-state index in [2.05, 4.69) is 5.32 Å². The molecule has 0 aliphatic heterocycles. The number of nitriles is 1. The van der Waals surface area contributed by atoms with Gasteiger partial charge in [0.15, 0.2) is 0 Å². The van der Waals surface area contributed by atoms with Gasteiger partial charge < -0.3 is 14.8 Å². The summed E-state index contributed by atoms with van der Waals surface area (Å²) < 4.78 is 11.4. The zero-order valence-electron chi connectivity index (χ0n) is 19.1. The van der Waals surface area contributed by atoms with Gasteiger partial charge >= 0.3 is 0 Å². The van der Waals surface area contributed by atoms with Gasteiger partial charge in [0.1, 0.15) is 29.7 Å². The van der Waals surface area contributed by atoms with Crippen molar-refractivity contribution in [1.29, 1.82) is 5.26 Å². The Morgan fingerprint density at radius 3 is 2.26 bits per heavy atom. The largest absolute Gasteiger partial charge is 0.494 e. The average molecular weight is 495 g/mol. The van der Waals surface area contributed by atoms with Crippen LogP contribution in [0.4, 0.5) is 5.69 Å². The van der Waals surface area contributed by atoms with Crippen LogP contribution in [-0.2, 0) is 11.4 Å². The van der Waals surface area contributed by atoms with Crippen LogP contribution >= 0.6 is 23.2 Å². The predicted octanol–water partition coefficient (Wildman–Crippen LogP) is 7.13. The Hall–Kier alpha value is -3.46. The first-order valence-electron chi connectivity index (χ1n) is 10.6. The van der Waals surface area contributed by atoms with Gasteiger partial charge in [0.2, 0.25) is 0 Å². The number of anilines is 1. The van der Waals surface area contributed by atoms with Crippen molar-refractivity contribution in [2.75, 3.05) is 11.9 Å². The van der Waals surface area contributed by atoms with Gasteiger partial charge in [-0.3, -0.25) is 4.79 Å². The second-order valence-electron chi connectivity index (χ2n) is 7.60. The first kappa shape index (κ1) is 25.2. The summed E-state index contributed by atoms with van der Waals surface area (Å²) in [5, 5.41) is 13.3. The number of halogens is 2. The highest BCUT2D eigenvalue weighted by molar-refractivity contribution is 6.42. The van der Waals surface area contributed by atoms with Crippen molar-refractivity contribution < 1.29 is 14.3 Å². The van der Waals surface area contributed by atoms with Crippen LogP contribution in [0.5, 0.6) is 11.5 Å². The zero-order chi connectivity index (χ0) is 24.7. The standard InChI is InChI=1S/C27H24Cl2N2O3/c1-4-33-23-8-6-22(7-9-23)31-27(32)21(15-30)13-20-11-17(2)26(18(3)12-20)34-16-19-5-10-24(28)25(29)14-19/h5-14H,4,16H2,1-3H3,(H,31,32)/b21-13+. The number of hydrogen-bond acceptors (Lipinski definition) is 4. The number of aryl methyl sites for hydroxylation is 2. The lowest BCUT2D eigenvalue weighted by Gasteiger charge is -2.14. The van der Waals surface area contributed by atoms with E-state index in [9.17, 15) is 10.1 Å². The van der Waals surface area contributed by atoms with Crippen molar-refractivity contribution >= 4 is 40.9 Å². The number of ether oxygens (including phenoxy) is 2. The minimum atomic E-state index is -0.484. The lowest BCUT2D eigenvalue weighted by atomic mass is 10.0. The van der Waals surface area contributed by atoms with Crippen LogP contribution in [0.3, 0.4) is 0 Å². The highest BCUT2D eigenvalue weighted by atomic mass is 35.5. The first-order chi connectivity index (χ1) is 16.3. The molecule has 1 amide bonds. The smallest absolute Gasteiger partial charge is 0.266 e. The molecule has 0 fully saturated rings. The summed E-state index contributed by atoms with van der Waals surface area (Å²) in [6, 6.07) is 18.1. The average Bonchev–Trinajstić information content (AvgIpc) is 2.80. The van der Waals surface area contributed by atoms with Gasteiger partial charge in [0.25, 0.3) is 5.91 Å². The molecule has 0 unspecified atom stereocenters. The molecule has 34 heavy (non-hydrogen) atoms. The van der Waals surface area contributed by atoms with Crippen LogP contribution in [0, 0.1) is 25.2 Å². The number of nitrogens with zero attached hydrogens (tertiary/aromatic N) is 1. The molecule has 3 aromatic carbocycles. The molecule has 0 saturated carbocycles. The van der Waals surface area contributed by atoms with Gasteiger partial charge in [0, 0.05) is 5.69 Å². The molecule has 0 bridgehead atoms. The molecule has 0 aliphatic carbocycles. The Morgan fingerprint density at radius 1 is 1.00 bits per heavy atom. The van der Waals surface area contributed by atoms with E-state index in [1.54, 1.807) is 42.5 Å². The lowest BCUT2D eigenvalue weighted by Crippen LogP contribution is -2.13. The minimum absolute atomic E-state index is 0.00263. The predicted molar refractivity (Wildman–Crippen MR) is 137 cm³/mol. The van der Waals surface area contributed by atoms with E-state index in [4.69, 9.17) is 32.7 Å². The molecule has 3 rings (SSSR count). The molecule has 0 radical (unpaired) electrons. The zero-order valence-corrected chi connectivity index (χ0v) is 20.6. The number of benzene rings is 3. The third-order valence-electron chi connectivity index (χ3n) is 4.95. The van der Waals surface area contributed by atoms with Crippen molar-refractivity contribution in [2.45, 2.75) is 27.4 Å². The van der Waals surface area contributed by atoms with Gasteiger partial charge in [-0.2, -0.15) is 5.26 Å². The van der Waals surface area contributed by atoms with Crippen molar-refractivity contribution in [3.8, 4) is 17.6 Å². The highest BCUT2D eigenvalue weighted by Gasteiger charge is 2.12. The SMILES string of the molecule is CCOc1ccc(NC(=O)/C(C#N)=C/c2cc(C)c(OCc3ccc(Cl)c(Cl)c3)c(C)c2)cc1. The number of rotatable bonds is 8. The lowest BCUT2D eigenvalue weighted by molar-refractivity contribution is -0.112. The van der Waals surface area contributed by atoms with Crippen LogP contribution in [0.1, 0.15) is 29.2 Å². The Kier molecular flexibility index (Phi) is 8.59. The monoisotopic (exact) mass is 494 g/mol. The molecule has 0 aliphatic rings. The van der Waals surface area contributed by atoms with Crippen molar-refractivity contribution in [3.63, 3.8) is 0 Å². The molecule has 0 atom stereocenters. The van der Waals surface area contributed by atoms with Crippen molar-refractivity contribution in [1.82, 2.24) is 0 Å². The molecule has 0 aromatic heterocycles. The quantitative estimate of drug-likeness (QED) is 0.267. The molecule has 174 valence electrons. The minimum Gasteiger partial charge on any atom is -0.494 e. The number of hydrogen-bond donors (Lipinski definition) is 1. The second kappa shape index (κ2) is 11.6. The summed E-state index contributed by atoms with van der Waals surface area (Å²) in [6.07, 6.45) is 1.56. The van der Waals surface area contributed by atoms with Crippen LogP contribution < -0.4 is 14.8 Å². The van der Waals surface area contributed by atoms with E-state index in [1.165, 1.54) is 0 Å². The Morgan fingerprint density at radius 2 is 1.68 bits per heavy atom. The highest BCUT2D eigenvalue weighted by Crippen LogP contribution is 2.28. The molecule has 5 nitrogen and oxygen atoms in total. The Bertz CT molecular complexity index is 1240. The van der Waals surface area contributed by atoms with Crippen LogP contribution in [0.15, 0.2) is 60.2 Å². The Balaban J connectivity index is 1.73. The fourth-order valence-electron chi connectivity index (χ4n) is 3.39. The molecular formula is C27H24Cl2N2O3. The third-order valence-corrected chi connectivity index (χ3v) is 5.69. The molecule has 7 heteroatoms. The van der Waals surface area contributed by atoms with Crippen LogP contribution in [0.2, 0.25) is 10.0 Å². The molecule has 0 spiro atoms. The second-order valence-corrected chi connectivity index (χ2v) is 8.42. The van der Waals surface area contributed by atoms with E-state index in [0.29, 0.717) is 34.7 Å². The van der Waals surface area contributed by atoms with Crippen molar-refractivity contribution in [3.05, 3.63) is 92.5 Å². The fraction of sp³-hybridized carbons (Fsp3) is 0.185. The van der Waals surface area contributed by atoms with Gasteiger partial charge in [-0.05, 0) is 97.6 Å². The van der Waals surface area contributed by atoms with Gasteiger partial charge in [0.05, 0.1) is 16.7 Å². The number of nitrogens with one attached hydrogen (secondary N) is 1. The fourth-order valence-corrected chi connectivity index (χ4v) is 3.72. The van der Waals surface area contributed by atoms with E-state index < -0.39 is 5.91 Å². The molecular weight excluding hydrogens is 471 g/mol. The summed E-state index contributed by atoms with van der Waals surface area (Å²) in [6.45, 7) is 6.63. The summed E-state index contributed by atoms with van der Waals surface area (Å²) >= 11 is 12.0. The summed E-state index contributed by atoms with van der Waals surface area (Å²) in [7, 11) is 0. The maximum atomic E-state index is 12.6. The maximum absolute atomic E-state index is 12.6. The van der Waals surface area contributed by atoms with Crippen molar-refractivity contribution in [2.24, 2.45) is 0 Å². The van der Waals surface area contributed by atoms with E-state index in [-0.39, 0.29) is 5.57 Å². The summed E-state index contributed by atoms with van der Waals surface area (Å²) in [4.78, 5) is 12.6. The van der Waals surface area contributed by atoms with E-state index in [0.717, 1.165) is 28.0 Å². The normalized spacial score (nSPS) is 11.0. The summed E-state index contributed by atoms with van der Waals surface area (Å²) in [5.41, 5.74) is 3.97. The van der Waals surface area contributed by atoms with Gasteiger partial charge in [-0.15, -0.1) is 0 Å². The molecule has 0 saturated heterocycles. The van der Waals surface area contributed by atoms with Gasteiger partial charge in [-0.25, -0.2) is 0 Å². The number of amides is 1.